The Labute approximate surface area is 141 Å². The van der Waals surface area contributed by atoms with Gasteiger partial charge in [0.1, 0.15) is 5.69 Å². The Bertz CT molecular complexity index is 797. The van der Waals surface area contributed by atoms with Crippen molar-refractivity contribution in [1.82, 2.24) is 20.1 Å². The van der Waals surface area contributed by atoms with Gasteiger partial charge in [-0.2, -0.15) is 18.3 Å². The molecule has 0 aromatic carbocycles. The van der Waals surface area contributed by atoms with Crippen LogP contribution in [0.1, 0.15) is 22.6 Å². The van der Waals surface area contributed by atoms with Crippen molar-refractivity contribution in [1.29, 1.82) is 0 Å². The van der Waals surface area contributed by atoms with Crippen LogP contribution < -0.4 is 10.6 Å². The molecule has 10 heteroatoms. The third-order valence-corrected chi connectivity index (χ3v) is 3.60. The molecule has 0 fully saturated rings. The van der Waals surface area contributed by atoms with Gasteiger partial charge in [0.2, 0.25) is 0 Å². The van der Waals surface area contributed by atoms with Gasteiger partial charge >= 0.3 is 18.0 Å². The van der Waals surface area contributed by atoms with E-state index in [-0.39, 0.29) is 12.2 Å². The number of hydrogen-bond acceptors (Lipinski definition) is 4. The van der Waals surface area contributed by atoms with E-state index in [4.69, 9.17) is 0 Å². The molecule has 0 atom stereocenters. The van der Waals surface area contributed by atoms with Gasteiger partial charge in [0.15, 0.2) is 0 Å². The third-order valence-electron chi connectivity index (χ3n) is 3.60. The Hall–Kier alpha value is -2.91. The van der Waals surface area contributed by atoms with Crippen LogP contribution in [0.15, 0.2) is 18.3 Å². The monoisotopic (exact) mass is 355 g/mol. The van der Waals surface area contributed by atoms with Gasteiger partial charge in [0, 0.05) is 24.8 Å². The fraction of sp³-hybridized carbons (Fsp3) is 0.333. The third kappa shape index (κ3) is 4.34. The molecule has 2 aromatic rings. The zero-order valence-corrected chi connectivity index (χ0v) is 13.7. The molecule has 0 bridgehead atoms. The minimum atomic E-state index is -4.57. The lowest BCUT2D eigenvalue weighted by molar-refractivity contribution is -0.141. The Morgan fingerprint density at radius 3 is 2.36 bits per heavy atom. The molecule has 0 aliphatic heterocycles. The number of aromatic nitrogens is 3. The summed E-state index contributed by atoms with van der Waals surface area (Å²) in [5.74, 6) is -1.91. The molecule has 7 nitrogen and oxygen atoms in total. The summed E-state index contributed by atoms with van der Waals surface area (Å²) in [6.45, 7) is 3.72. The van der Waals surface area contributed by atoms with E-state index in [0.717, 1.165) is 35.3 Å². The number of pyridine rings is 1. The highest BCUT2D eigenvalue weighted by molar-refractivity contribution is 6.39. The Balaban J connectivity index is 1.95. The number of halogens is 3. The Kier molecular flexibility index (Phi) is 5.10. The molecule has 2 amide bonds. The van der Waals surface area contributed by atoms with E-state index >= 15 is 0 Å². The standard InChI is InChI=1S/C15H16F3N5O2/c1-8-11(9(2)23(3)22-8)7-20-13(24)14(25)21-10-4-5-12(19-6-10)15(16,17)18/h4-6H,7H2,1-3H3,(H,20,24)(H,21,25). The normalized spacial score (nSPS) is 11.3. The summed E-state index contributed by atoms with van der Waals surface area (Å²) >= 11 is 0. The number of carbonyl (C=O) groups is 2. The van der Waals surface area contributed by atoms with Crippen LogP contribution in [0.5, 0.6) is 0 Å². The lowest BCUT2D eigenvalue weighted by Crippen LogP contribution is -2.35. The number of nitrogens with one attached hydrogen (secondary N) is 2. The number of nitrogens with zero attached hydrogens (tertiary/aromatic N) is 3. The van der Waals surface area contributed by atoms with Crippen molar-refractivity contribution < 1.29 is 22.8 Å². The molecular weight excluding hydrogens is 339 g/mol. The summed E-state index contributed by atoms with van der Waals surface area (Å²) in [7, 11) is 1.76. The molecule has 25 heavy (non-hydrogen) atoms. The molecule has 2 N–H and O–H groups in total. The van der Waals surface area contributed by atoms with Crippen LogP contribution in [0.2, 0.25) is 0 Å². The molecule has 0 radical (unpaired) electrons. The molecule has 0 saturated heterocycles. The second-order valence-corrected chi connectivity index (χ2v) is 5.34. The summed E-state index contributed by atoms with van der Waals surface area (Å²) in [6, 6.07) is 1.74. The number of hydrogen-bond donors (Lipinski definition) is 2. The predicted octanol–water partition coefficient (Wildman–Crippen LogP) is 1.71. The molecule has 2 rings (SSSR count). The number of carbonyl (C=O) groups excluding carboxylic acids is 2. The smallest absolute Gasteiger partial charge is 0.344 e. The van der Waals surface area contributed by atoms with Crippen molar-refractivity contribution in [2.24, 2.45) is 7.05 Å². The van der Waals surface area contributed by atoms with Crippen LogP contribution in [-0.4, -0.2) is 26.6 Å². The molecule has 0 unspecified atom stereocenters. The average Bonchev–Trinajstić information content (AvgIpc) is 2.77. The highest BCUT2D eigenvalue weighted by atomic mass is 19.4. The van der Waals surface area contributed by atoms with E-state index in [1.807, 2.05) is 6.92 Å². The Morgan fingerprint density at radius 1 is 1.20 bits per heavy atom. The van der Waals surface area contributed by atoms with Gasteiger partial charge in [0.05, 0.1) is 17.6 Å². The maximum atomic E-state index is 12.4. The van der Waals surface area contributed by atoms with E-state index in [0.29, 0.717) is 0 Å². The summed E-state index contributed by atoms with van der Waals surface area (Å²) in [5.41, 5.74) is 1.28. The molecule has 0 aliphatic carbocycles. The molecule has 0 spiro atoms. The average molecular weight is 355 g/mol. The van der Waals surface area contributed by atoms with Gasteiger partial charge in [-0.05, 0) is 26.0 Å². The quantitative estimate of drug-likeness (QED) is 0.821. The van der Waals surface area contributed by atoms with E-state index < -0.39 is 23.7 Å². The van der Waals surface area contributed by atoms with Crippen LogP contribution in [0.25, 0.3) is 0 Å². The van der Waals surface area contributed by atoms with E-state index in [2.05, 4.69) is 20.7 Å². The molecule has 134 valence electrons. The van der Waals surface area contributed by atoms with Crippen LogP contribution in [0, 0.1) is 13.8 Å². The maximum Gasteiger partial charge on any atom is 0.433 e. The molecule has 0 saturated carbocycles. The van der Waals surface area contributed by atoms with Gasteiger partial charge < -0.3 is 10.6 Å². The largest absolute Gasteiger partial charge is 0.433 e. The first kappa shape index (κ1) is 18.4. The van der Waals surface area contributed by atoms with Crippen molar-refractivity contribution in [3.05, 3.63) is 41.0 Å². The summed E-state index contributed by atoms with van der Waals surface area (Å²) < 4.78 is 38.9. The van der Waals surface area contributed by atoms with Crippen LogP contribution in [0.4, 0.5) is 18.9 Å². The highest BCUT2D eigenvalue weighted by Crippen LogP contribution is 2.27. The summed E-state index contributed by atoms with van der Waals surface area (Å²) in [4.78, 5) is 26.8. The van der Waals surface area contributed by atoms with E-state index in [9.17, 15) is 22.8 Å². The minimum Gasteiger partial charge on any atom is -0.344 e. The van der Waals surface area contributed by atoms with Crippen LogP contribution in [-0.2, 0) is 29.4 Å². The second-order valence-electron chi connectivity index (χ2n) is 5.34. The number of rotatable bonds is 3. The first-order chi connectivity index (χ1) is 11.6. The highest BCUT2D eigenvalue weighted by Gasteiger charge is 2.32. The zero-order chi connectivity index (χ0) is 18.8. The minimum absolute atomic E-state index is 0.0121. The topological polar surface area (TPSA) is 88.9 Å². The van der Waals surface area contributed by atoms with Crippen molar-refractivity contribution >= 4 is 17.5 Å². The second kappa shape index (κ2) is 6.91. The fourth-order valence-electron chi connectivity index (χ4n) is 2.15. The SMILES string of the molecule is Cc1nn(C)c(C)c1CNC(=O)C(=O)Nc1ccc(C(F)(F)F)nc1. The van der Waals surface area contributed by atoms with Crippen LogP contribution >= 0.6 is 0 Å². The van der Waals surface area contributed by atoms with Gasteiger partial charge in [-0.25, -0.2) is 4.98 Å². The van der Waals surface area contributed by atoms with Gasteiger partial charge in [0.25, 0.3) is 0 Å². The number of aryl methyl sites for hydroxylation is 2. The first-order valence-electron chi connectivity index (χ1n) is 7.21. The fourth-order valence-corrected chi connectivity index (χ4v) is 2.15. The number of anilines is 1. The Morgan fingerprint density at radius 2 is 1.88 bits per heavy atom. The molecular formula is C15H16F3N5O2. The molecule has 2 heterocycles. The van der Waals surface area contributed by atoms with Crippen molar-refractivity contribution in [2.45, 2.75) is 26.6 Å². The van der Waals surface area contributed by atoms with Gasteiger partial charge in [-0.3, -0.25) is 14.3 Å². The van der Waals surface area contributed by atoms with Crippen molar-refractivity contribution in [2.75, 3.05) is 5.32 Å². The van der Waals surface area contributed by atoms with Gasteiger partial charge in [-0.15, -0.1) is 0 Å². The first-order valence-corrected chi connectivity index (χ1v) is 7.21. The number of amides is 2. The maximum absolute atomic E-state index is 12.4. The van der Waals surface area contributed by atoms with Crippen LogP contribution in [0.3, 0.4) is 0 Å². The summed E-state index contributed by atoms with van der Waals surface area (Å²) in [6.07, 6.45) is -3.73. The lowest BCUT2D eigenvalue weighted by Gasteiger charge is -2.08. The summed E-state index contributed by atoms with van der Waals surface area (Å²) in [5, 5.41) is 8.83. The van der Waals surface area contributed by atoms with E-state index in [1.54, 1.807) is 18.7 Å². The molecule has 2 aromatic heterocycles. The van der Waals surface area contributed by atoms with E-state index in [1.165, 1.54) is 0 Å². The molecule has 0 aliphatic rings. The lowest BCUT2D eigenvalue weighted by atomic mass is 10.2. The number of alkyl halides is 3. The van der Waals surface area contributed by atoms with Crippen molar-refractivity contribution in [3.8, 4) is 0 Å². The van der Waals surface area contributed by atoms with Gasteiger partial charge in [-0.1, -0.05) is 0 Å². The predicted molar refractivity (Wildman–Crippen MR) is 82.4 cm³/mol. The zero-order valence-electron chi connectivity index (χ0n) is 13.7. The van der Waals surface area contributed by atoms with Crippen molar-refractivity contribution in [3.63, 3.8) is 0 Å².